The Bertz CT molecular complexity index is 574. The van der Waals surface area contributed by atoms with Crippen LogP contribution in [0.1, 0.15) is 41.5 Å². The predicted octanol–water partition coefficient (Wildman–Crippen LogP) is 1.47. The molecule has 0 bridgehead atoms. The molecule has 0 aromatic heterocycles. The molecule has 1 aliphatic heterocycles. The van der Waals surface area contributed by atoms with Crippen LogP contribution in [0, 0.1) is 0 Å². The molecule has 6 nitrogen and oxygen atoms in total. The van der Waals surface area contributed by atoms with Crippen molar-refractivity contribution in [1.29, 1.82) is 0 Å². The number of rotatable bonds is 4. The highest BCUT2D eigenvalue weighted by Gasteiger charge is 2.42. The van der Waals surface area contributed by atoms with E-state index in [1.807, 2.05) is 6.92 Å². The van der Waals surface area contributed by atoms with Crippen LogP contribution in [-0.4, -0.2) is 46.9 Å². The molecule has 0 spiro atoms. The molecule has 0 saturated carbocycles. The molecular formula is C15H18N2O4. The molecule has 1 aromatic rings. The van der Waals surface area contributed by atoms with E-state index in [2.05, 4.69) is 0 Å². The van der Waals surface area contributed by atoms with Gasteiger partial charge in [0.15, 0.2) is 0 Å². The second-order valence-corrected chi connectivity index (χ2v) is 5.40. The maximum absolute atomic E-state index is 12.3. The Kier molecular flexibility index (Phi) is 3.82. The fraction of sp³-hybridized carbons (Fsp3) is 0.400. The van der Waals surface area contributed by atoms with Crippen LogP contribution in [0.25, 0.3) is 0 Å². The van der Waals surface area contributed by atoms with Gasteiger partial charge in [-0.2, -0.15) is 0 Å². The van der Waals surface area contributed by atoms with Gasteiger partial charge in [0.25, 0.3) is 11.8 Å². The number of carbonyl (C=O) groups is 3. The van der Waals surface area contributed by atoms with Gasteiger partial charge >= 0.3 is 5.97 Å². The second kappa shape index (κ2) is 5.29. The maximum atomic E-state index is 12.3. The number of nitrogens with zero attached hydrogens (tertiary/aromatic N) is 2. The average Bonchev–Trinajstić information content (AvgIpc) is 2.71. The molecule has 0 aliphatic carbocycles. The molecule has 0 fully saturated rings. The number of hydroxylamine groups is 2. The van der Waals surface area contributed by atoms with E-state index >= 15 is 0 Å². The fourth-order valence-electron chi connectivity index (χ4n) is 2.00. The molecule has 1 heterocycles. The number of hydrogen-bond donors (Lipinski definition) is 0. The Morgan fingerprint density at radius 1 is 1.19 bits per heavy atom. The molecule has 112 valence electrons. The Labute approximate surface area is 123 Å². The topological polar surface area (TPSA) is 66.9 Å². The first-order valence-corrected chi connectivity index (χ1v) is 6.72. The van der Waals surface area contributed by atoms with Crippen LogP contribution in [0.2, 0.25) is 0 Å². The number of hydrogen-bond acceptors (Lipinski definition) is 5. The van der Waals surface area contributed by atoms with E-state index in [1.54, 1.807) is 37.9 Å². The molecule has 0 unspecified atom stereocenters. The third-order valence-electron chi connectivity index (χ3n) is 3.86. The lowest BCUT2D eigenvalue weighted by Gasteiger charge is -2.32. The summed E-state index contributed by atoms with van der Waals surface area (Å²) < 4.78 is 0. The number of benzene rings is 1. The first kappa shape index (κ1) is 15.2. The van der Waals surface area contributed by atoms with E-state index in [0.29, 0.717) is 11.6 Å². The summed E-state index contributed by atoms with van der Waals surface area (Å²) in [5.41, 5.74) is -0.446. The second-order valence-electron chi connectivity index (χ2n) is 5.40. The summed E-state index contributed by atoms with van der Waals surface area (Å²) in [5, 5.41) is 0.540. The Morgan fingerprint density at radius 3 is 2.10 bits per heavy atom. The largest absolute Gasteiger partial charge is 0.352 e. The molecule has 6 heteroatoms. The molecule has 0 saturated heterocycles. The third-order valence-corrected chi connectivity index (χ3v) is 3.86. The van der Waals surface area contributed by atoms with Crippen LogP contribution in [0.5, 0.6) is 0 Å². The molecule has 0 atom stereocenters. The van der Waals surface area contributed by atoms with Gasteiger partial charge in [0, 0.05) is 0 Å². The zero-order chi connectivity index (χ0) is 15.8. The minimum Gasteiger partial charge on any atom is -0.328 e. The minimum atomic E-state index is -0.940. The van der Waals surface area contributed by atoms with Crippen LogP contribution in [0.15, 0.2) is 24.3 Å². The first-order valence-electron chi connectivity index (χ1n) is 6.72. The molecule has 1 aliphatic rings. The van der Waals surface area contributed by atoms with Gasteiger partial charge in [-0.05, 0) is 39.6 Å². The molecule has 0 radical (unpaired) electrons. The van der Waals surface area contributed by atoms with Gasteiger partial charge in [-0.15, -0.1) is 0 Å². The highest BCUT2D eigenvalue weighted by molar-refractivity contribution is 6.20. The van der Waals surface area contributed by atoms with Gasteiger partial charge in [-0.3, -0.25) is 14.5 Å². The average molecular weight is 290 g/mol. The van der Waals surface area contributed by atoms with Gasteiger partial charge in [-0.1, -0.05) is 24.1 Å². The number of imide groups is 1. The van der Waals surface area contributed by atoms with E-state index in [-0.39, 0.29) is 11.1 Å². The van der Waals surface area contributed by atoms with Crippen molar-refractivity contribution < 1.29 is 19.2 Å². The number of carbonyl (C=O) groups excluding carboxylic acids is 3. The normalized spacial score (nSPS) is 14.6. The zero-order valence-corrected chi connectivity index (χ0v) is 12.5. The summed E-state index contributed by atoms with van der Waals surface area (Å²) >= 11 is 0. The van der Waals surface area contributed by atoms with Gasteiger partial charge in [0.2, 0.25) is 0 Å². The van der Waals surface area contributed by atoms with Crippen molar-refractivity contribution >= 4 is 17.8 Å². The molecular weight excluding hydrogens is 272 g/mol. The monoisotopic (exact) mass is 290 g/mol. The number of fused-ring (bicyclic) bond motifs is 1. The van der Waals surface area contributed by atoms with E-state index in [9.17, 15) is 14.4 Å². The smallest absolute Gasteiger partial charge is 0.328 e. The summed E-state index contributed by atoms with van der Waals surface area (Å²) in [5.74, 6) is -1.88. The fourth-order valence-corrected chi connectivity index (χ4v) is 2.00. The van der Waals surface area contributed by atoms with E-state index < -0.39 is 23.3 Å². The van der Waals surface area contributed by atoms with E-state index in [1.165, 1.54) is 12.1 Å². The first-order chi connectivity index (χ1) is 9.80. The van der Waals surface area contributed by atoms with Gasteiger partial charge in [-0.25, -0.2) is 4.79 Å². The van der Waals surface area contributed by atoms with Gasteiger partial charge in [0.05, 0.1) is 11.1 Å². The van der Waals surface area contributed by atoms with Crippen molar-refractivity contribution in [2.45, 2.75) is 26.3 Å². The summed E-state index contributed by atoms with van der Waals surface area (Å²) in [7, 11) is 1.77. The van der Waals surface area contributed by atoms with E-state index in [4.69, 9.17) is 4.84 Å². The number of likely N-dealkylation sites (N-methyl/N-ethyl adjacent to an activating group) is 1. The highest BCUT2D eigenvalue weighted by Crippen LogP contribution is 2.24. The summed E-state index contributed by atoms with van der Waals surface area (Å²) in [6.45, 7) is 5.88. The van der Waals surface area contributed by atoms with Crippen LogP contribution in [0.4, 0.5) is 0 Å². The summed E-state index contributed by atoms with van der Waals surface area (Å²) in [6.07, 6.45) is 0. The van der Waals surface area contributed by atoms with Crippen molar-refractivity contribution in [2.75, 3.05) is 13.6 Å². The van der Waals surface area contributed by atoms with Crippen molar-refractivity contribution in [2.24, 2.45) is 0 Å². The molecule has 21 heavy (non-hydrogen) atoms. The number of amides is 2. The third kappa shape index (κ3) is 2.42. The SMILES string of the molecule is CCN(C)C(C)(C)C(=O)ON1C(=O)c2ccccc2C1=O. The highest BCUT2D eigenvalue weighted by atomic mass is 16.7. The Morgan fingerprint density at radius 2 is 1.67 bits per heavy atom. The van der Waals surface area contributed by atoms with Crippen LogP contribution < -0.4 is 0 Å². The quantitative estimate of drug-likeness (QED) is 0.786. The van der Waals surface area contributed by atoms with Crippen molar-refractivity contribution in [3.8, 4) is 0 Å². The van der Waals surface area contributed by atoms with Crippen molar-refractivity contribution in [1.82, 2.24) is 9.96 Å². The predicted molar refractivity (Wildman–Crippen MR) is 75.4 cm³/mol. The summed E-state index contributed by atoms with van der Waals surface area (Å²) in [6, 6.07) is 6.38. The molecule has 1 aromatic carbocycles. The lowest BCUT2D eigenvalue weighted by molar-refractivity contribution is -0.180. The van der Waals surface area contributed by atoms with Crippen molar-refractivity contribution in [3.05, 3.63) is 35.4 Å². The summed E-state index contributed by atoms with van der Waals surface area (Å²) in [4.78, 5) is 43.3. The molecule has 2 rings (SSSR count). The van der Waals surface area contributed by atoms with Crippen LogP contribution >= 0.6 is 0 Å². The lowest BCUT2D eigenvalue weighted by atomic mass is 10.0. The Hall–Kier alpha value is -2.21. The standard InChI is InChI=1S/C15H18N2O4/c1-5-16(4)15(2,3)14(20)21-17-12(18)10-8-6-7-9-11(10)13(17)19/h6-9H,5H2,1-4H3. The molecule has 2 amide bonds. The maximum Gasteiger partial charge on any atom is 0.352 e. The van der Waals surface area contributed by atoms with E-state index in [0.717, 1.165) is 0 Å². The van der Waals surface area contributed by atoms with Gasteiger partial charge < -0.3 is 4.84 Å². The van der Waals surface area contributed by atoms with Crippen LogP contribution in [-0.2, 0) is 9.63 Å². The molecule has 0 N–H and O–H groups in total. The lowest BCUT2D eigenvalue weighted by Crippen LogP contribution is -2.51. The minimum absolute atomic E-state index is 0.247. The zero-order valence-electron chi connectivity index (χ0n) is 12.5. The van der Waals surface area contributed by atoms with Crippen LogP contribution in [0.3, 0.4) is 0 Å². The van der Waals surface area contributed by atoms with Gasteiger partial charge in [0.1, 0.15) is 5.54 Å². The Balaban J connectivity index is 2.21. The van der Waals surface area contributed by atoms with Crippen molar-refractivity contribution in [3.63, 3.8) is 0 Å².